The predicted octanol–water partition coefficient (Wildman–Crippen LogP) is 12.0. The van der Waals surface area contributed by atoms with Gasteiger partial charge in [0.1, 0.15) is 12.7 Å². The van der Waals surface area contributed by atoms with Crippen LogP contribution in [0.15, 0.2) is 97.2 Å². The molecule has 59 heavy (non-hydrogen) atoms. The Kier molecular flexibility index (Phi) is 40.7. The first-order chi connectivity index (χ1) is 28.7. The molecule has 336 valence electrons. The van der Waals surface area contributed by atoms with E-state index in [1.807, 2.05) is 12.2 Å². The molecule has 0 fully saturated rings. The number of aliphatic hydroxyl groups is 2. The summed E-state index contributed by atoms with van der Waals surface area (Å²) >= 11 is 0. The molecule has 3 atom stereocenters. The fourth-order valence-corrected chi connectivity index (χ4v) is 6.06. The summed E-state index contributed by atoms with van der Waals surface area (Å²) in [6, 6.07) is 0. The van der Waals surface area contributed by atoms with E-state index in [4.69, 9.17) is 19.1 Å². The Morgan fingerprint density at radius 3 is 1.37 bits per heavy atom. The maximum atomic E-state index is 12.6. The third-order valence-corrected chi connectivity index (χ3v) is 9.68. The quantitative estimate of drug-likeness (QED) is 0.0235. The van der Waals surface area contributed by atoms with Crippen LogP contribution in [-0.2, 0) is 32.7 Å². The molecule has 11 heteroatoms. The first kappa shape index (κ1) is 55.9. The largest absolute Gasteiger partial charge is 0.472 e. The number of phosphoric ester groups is 1. The normalized spacial score (nSPS) is 14.7. The second-order valence-corrected chi connectivity index (χ2v) is 15.8. The van der Waals surface area contributed by atoms with Crippen LogP contribution in [0.3, 0.4) is 0 Å². The van der Waals surface area contributed by atoms with E-state index in [0.29, 0.717) is 12.8 Å². The van der Waals surface area contributed by atoms with Gasteiger partial charge in [-0.2, -0.15) is 0 Å². The van der Waals surface area contributed by atoms with Gasteiger partial charge in [-0.15, -0.1) is 0 Å². The van der Waals surface area contributed by atoms with E-state index in [0.717, 1.165) is 70.6 Å². The molecular weight excluding hydrogens is 767 g/mol. The summed E-state index contributed by atoms with van der Waals surface area (Å²) in [7, 11) is -4.65. The van der Waals surface area contributed by atoms with Gasteiger partial charge < -0.3 is 24.6 Å². The van der Waals surface area contributed by atoms with E-state index in [1.54, 1.807) is 0 Å². The average molecular weight is 847 g/mol. The number of hydrogen-bond acceptors (Lipinski definition) is 9. The fourth-order valence-electron chi connectivity index (χ4n) is 5.27. The summed E-state index contributed by atoms with van der Waals surface area (Å²) in [5.74, 6) is -1.06. The zero-order valence-electron chi connectivity index (χ0n) is 36.4. The zero-order valence-corrected chi connectivity index (χ0v) is 37.3. The van der Waals surface area contributed by atoms with Crippen molar-refractivity contribution >= 4 is 19.8 Å². The minimum Gasteiger partial charge on any atom is -0.462 e. The van der Waals surface area contributed by atoms with Crippen LogP contribution >= 0.6 is 7.82 Å². The highest BCUT2D eigenvalue weighted by Gasteiger charge is 2.27. The molecule has 0 heterocycles. The van der Waals surface area contributed by atoms with Crippen LogP contribution in [0, 0.1) is 0 Å². The fraction of sp³-hybridized carbons (Fsp3) is 0.625. The molecular formula is C48H79O10P. The lowest BCUT2D eigenvalue weighted by Crippen LogP contribution is -2.29. The number of unbranched alkanes of at least 4 members (excludes halogenated alkanes) is 10. The highest BCUT2D eigenvalue weighted by Crippen LogP contribution is 2.43. The van der Waals surface area contributed by atoms with Crippen molar-refractivity contribution in [3.8, 4) is 0 Å². The Morgan fingerprint density at radius 2 is 0.915 bits per heavy atom. The second kappa shape index (κ2) is 43.0. The van der Waals surface area contributed by atoms with E-state index in [9.17, 15) is 24.2 Å². The molecule has 0 aromatic carbocycles. The summed E-state index contributed by atoms with van der Waals surface area (Å²) in [5.41, 5.74) is 0. The van der Waals surface area contributed by atoms with Gasteiger partial charge >= 0.3 is 19.8 Å². The topological polar surface area (TPSA) is 149 Å². The van der Waals surface area contributed by atoms with Gasteiger partial charge in [0.15, 0.2) is 6.10 Å². The summed E-state index contributed by atoms with van der Waals surface area (Å²) in [6.07, 6.45) is 52.4. The first-order valence-corrected chi connectivity index (χ1v) is 23.7. The van der Waals surface area contributed by atoms with Gasteiger partial charge in [0, 0.05) is 12.8 Å². The lowest BCUT2D eigenvalue weighted by atomic mass is 10.1. The molecule has 0 spiro atoms. The Bertz CT molecular complexity index is 1300. The minimum absolute atomic E-state index is 0.107. The summed E-state index contributed by atoms with van der Waals surface area (Å²) in [6.45, 7) is 2.19. The Hall–Kier alpha value is -3.11. The number of rotatable bonds is 40. The van der Waals surface area contributed by atoms with Crippen molar-refractivity contribution in [2.45, 2.75) is 167 Å². The number of phosphoric acid groups is 1. The monoisotopic (exact) mass is 847 g/mol. The summed E-state index contributed by atoms with van der Waals surface area (Å²) in [4.78, 5) is 35.0. The maximum absolute atomic E-state index is 12.6. The van der Waals surface area contributed by atoms with Crippen molar-refractivity contribution < 1.29 is 47.8 Å². The molecule has 3 N–H and O–H groups in total. The molecule has 0 aliphatic carbocycles. The minimum atomic E-state index is -4.65. The van der Waals surface area contributed by atoms with Gasteiger partial charge in [0.2, 0.25) is 0 Å². The smallest absolute Gasteiger partial charge is 0.462 e. The van der Waals surface area contributed by atoms with Crippen molar-refractivity contribution in [2.24, 2.45) is 0 Å². The Balaban J connectivity index is 4.47. The third-order valence-electron chi connectivity index (χ3n) is 8.72. The molecule has 10 nitrogen and oxygen atoms in total. The van der Waals surface area contributed by atoms with E-state index in [-0.39, 0.29) is 19.4 Å². The van der Waals surface area contributed by atoms with Crippen LogP contribution in [0.25, 0.3) is 0 Å². The lowest BCUT2D eigenvalue weighted by Gasteiger charge is -2.20. The number of aliphatic hydroxyl groups excluding tert-OH is 2. The summed E-state index contributed by atoms with van der Waals surface area (Å²) in [5, 5.41) is 18.3. The van der Waals surface area contributed by atoms with Gasteiger partial charge in [0.25, 0.3) is 0 Å². The van der Waals surface area contributed by atoms with Crippen LogP contribution in [0.5, 0.6) is 0 Å². The highest BCUT2D eigenvalue weighted by molar-refractivity contribution is 7.47. The van der Waals surface area contributed by atoms with E-state index in [1.165, 1.54) is 44.9 Å². The van der Waals surface area contributed by atoms with Gasteiger partial charge in [-0.1, -0.05) is 150 Å². The van der Waals surface area contributed by atoms with E-state index >= 15 is 0 Å². The molecule has 0 aliphatic heterocycles. The molecule has 0 amide bonds. The zero-order chi connectivity index (χ0) is 43.3. The predicted molar refractivity (Wildman–Crippen MR) is 242 cm³/mol. The summed E-state index contributed by atoms with van der Waals surface area (Å²) < 4.78 is 32.6. The van der Waals surface area contributed by atoms with Crippen LogP contribution < -0.4 is 0 Å². The molecule has 1 unspecified atom stereocenters. The molecule has 0 aliphatic rings. The van der Waals surface area contributed by atoms with Crippen LogP contribution in [0.4, 0.5) is 0 Å². The van der Waals surface area contributed by atoms with Gasteiger partial charge in [-0.3, -0.25) is 18.6 Å². The third kappa shape index (κ3) is 42.8. The van der Waals surface area contributed by atoms with Crippen LogP contribution in [0.1, 0.15) is 155 Å². The number of esters is 2. The van der Waals surface area contributed by atoms with Crippen LogP contribution in [0.2, 0.25) is 0 Å². The SMILES string of the molecule is CCCCC/C=C/C/C=C/C/C=C/C/C=C/C/C=C/CCC(=O)OC[C@H](COP(=O)(O)OC[C@@H](O)CO)OC(=O)CCCCCC/C=C/C/C=C/C/C=C/CCCCC. The van der Waals surface area contributed by atoms with Gasteiger partial charge in [-0.25, -0.2) is 4.57 Å². The lowest BCUT2D eigenvalue weighted by molar-refractivity contribution is -0.161. The van der Waals surface area contributed by atoms with Gasteiger partial charge in [-0.05, 0) is 89.9 Å². The molecule has 0 aromatic rings. The number of hydrogen-bond donors (Lipinski definition) is 3. The number of carbonyl (C=O) groups excluding carboxylic acids is 2. The average Bonchev–Trinajstić information content (AvgIpc) is 3.22. The van der Waals surface area contributed by atoms with Crippen LogP contribution in [-0.4, -0.2) is 65.7 Å². The first-order valence-electron chi connectivity index (χ1n) is 22.2. The van der Waals surface area contributed by atoms with E-state index in [2.05, 4.69) is 103 Å². The van der Waals surface area contributed by atoms with Crippen molar-refractivity contribution in [1.29, 1.82) is 0 Å². The second-order valence-electron chi connectivity index (χ2n) is 14.4. The van der Waals surface area contributed by atoms with Crippen molar-refractivity contribution in [2.75, 3.05) is 26.4 Å². The Labute approximate surface area is 357 Å². The molecule has 0 saturated heterocycles. The molecule has 0 radical (unpaired) electrons. The van der Waals surface area contributed by atoms with Crippen molar-refractivity contribution in [1.82, 2.24) is 0 Å². The molecule has 0 rings (SSSR count). The van der Waals surface area contributed by atoms with E-state index < -0.39 is 51.8 Å². The van der Waals surface area contributed by atoms with Crippen molar-refractivity contribution in [3.05, 3.63) is 97.2 Å². The van der Waals surface area contributed by atoms with Crippen molar-refractivity contribution in [3.63, 3.8) is 0 Å². The maximum Gasteiger partial charge on any atom is 0.472 e. The molecule has 0 saturated carbocycles. The number of allylic oxidation sites excluding steroid dienone is 16. The van der Waals surface area contributed by atoms with Gasteiger partial charge in [0.05, 0.1) is 19.8 Å². The molecule has 0 aromatic heterocycles. The highest BCUT2D eigenvalue weighted by atomic mass is 31.2. The number of ether oxygens (including phenoxy) is 2. The molecule has 0 bridgehead atoms. The number of carbonyl (C=O) groups is 2. The standard InChI is InChI=1S/C48H79O10P/c1-3-5-7-9-11-13-15-17-19-21-22-24-25-27-29-31-33-35-37-39-47(51)55-43-46(44-57-59(53,54)56-42-45(50)41-49)58-48(52)40-38-36-34-32-30-28-26-23-20-18-16-14-12-10-8-6-4-2/h11-14,17-20,22,24,26-29,33,35,45-46,49-50H,3-10,15-16,21,23,25,30-32,34,36-44H2,1-2H3,(H,53,54)/b13-11+,14-12+,19-17+,20-18+,24-22+,28-26+,29-27+,35-33+/t45-,46+/m0/s1. The Morgan fingerprint density at radius 1 is 0.508 bits per heavy atom.